The molecule has 0 atom stereocenters. The first kappa shape index (κ1) is 23.8. The number of benzene rings is 2. The lowest BCUT2D eigenvalue weighted by Gasteiger charge is -2.28. The number of carboxylic acid groups (broad SMARTS) is 2. The molecule has 0 fully saturated rings. The summed E-state index contributed by atoms with van der Waals surface area (Å²) in [5, 5.41) is 19.2. The number of anilines is 2. The lowest BCUT2D eigenvalue weighted by Crippen LogP contribution is -2.25. The van der Waals surface area contributed by atoms with Crippen LogP contribution in [0.25, 0.3) is 5.57 Å². The van der Waals surface area contributed by atoms with Crippen molar-refractivity contribution in [2.45, 2.75) is 6.42 Å². The number of aromatic nitrogens is 1. The summed E-state index contributed by atoms with van der Waals surface area (Å²) >= 11 is 0. The summed E-state index contributed by atoms with van der Waals surface area (Å²) in [6, 6.07) is 19.3. The number of aliphatic imine (C=N–C) groups is 1. The standard InChI is InChI=1S/C27H26N4O4/c1-30(2)15-8-16-31-22-12-7-6-11-19(22)24(18-9-4-3-5-10-18)29-21-13-14-28-25(26(21)31)20(27(34)35)17-23(32)33/h3-7,9-14,17H,8,15-16H2,1-2H3,(H,32,33)(H,34,35). The molecule has 3 aromatic rings. The van der Waals surface area contributed by atoms with E-state index in [2.05, 4.69) is 9.88 Å². The first-order valence-corrected chi connectivity index (χ1v) is 11.2. The molecule has 0 unspecified atom stereocenters. The van der Waals surface area contributed by atoms with E-state index in [4.69, 9.17) is 4.99 Å². The number of para-hydroxylation sites is 1. The van der Waals surface area contributed by atoms with Crippen LogP contribution in [0, 0.1) is 0 Å². The molecule has 0 radical (unpaired) electrons. The van der Waals surface area contributed by atoms with Crippen LogP contribution in [0.15, 0.2) is 77.9 Å². The van der Waals surface area contributed by atoms with E-state index in [-0.39, 0.29) is 5.69 Å². The van der Waals surface area contributed by atoms with Gasteiger partial charge in [-0.3, -0.25) is 4.98 Å². The van der Waals surface area contributed by atoms with Crippen LogP contribution >= 0.6 is 0 Å². The highest BCUT2D eigenvalue weighted by Crippen LogP contribution is 2.44. The Balaban J connectivity index is 2.02. The van der Waals surface area contributed by atoms with Gasteiger partial charge in [0.2, 0.25) is 0 Å². The maximum Gasteiger partial charge on any atom is 0.338 e. The predicted molar refractivity (Wildman–Crippen MR) is 136 cm³/mol. The molecule has 2 N–H and O–H groups in total. The summed E-state index contributed by atoms with van der Waals surface area (Å²) in [4.78, 5) is 37.0. The van der Waals surface area contributed by atoms with Gasteiger partial charge in [0, 0.05) is 29.9 Å². The molecule has 0 aliphatic carbocycles. The fourth-order valence-corrected chi connectivity index (χ4v) is 4.16. The third kappa shape index (κ3) is 5.12. The zero-order valence-electron chi connectivity index (χ0n) is 19.5. The van der Waals surface area contributed by atoms with Crippen LogP contribution in [0.3, 0.4) is 0 Å². The molecule has 35 heavy (non-hydrogen) atoms. The number of carbonyl (C=O) groups is 2. The van der Waals surface area contributed by atoms with E-state index in [1.54, 1.807) is 6.07 Å². The molecule has 2 heterocycles. The normalized spacial score (nSPS) is 13.1. The Kier molecular flexibility index (Phi) is 7.03. The van der Waals surface area contributed by atoms with E-state index in [9.17, 15) is 19.8 Å². The minimum absolute atomic E-state index is 0.0649. The highest BCUT2D eigenvalue weighted by atomic mass is 16.4. The molecule has 178 valence electrons. The van der Waals surface area contributed by atoms with E-state index in [0.29, 0.717) is 24.0 Å². The summed E-state index contributed by atoms with van der Waals surface area (Å²) in [7, 11) is 3.98. The molecule has 8 heteroatoms. The van der Waals surface area contributed by atoms with Gasteiger partial charge in [0.15, 0.2) is 0 Å². The van der Waals surface area contributed by atoms with Crippen LogP contribution in [0.2, 0.25) is 0 Å². The molecule has 0 saturated heterocycles. The van der Waals surface area contributed by atoms with Gasteiger partial charge < -0.3 is 20.0 Å². The van der Waals surface area contributed by atoms with Crippen LogP contribution in [0.1, 0.15) is 23.2 Å². The van der Waals surface area contributed by atoms with Gasteiger partial charge in [0.25, 0.3) is 0 Å². The van der Waals surface area contributed by atoms with Gasteiger partial charge in [-0.1, -0.05) is 48.5 Å². The predicted octanol–water partition coefficient (Wildman–Crippen LogP) is 4.21. The second kappa shape index (κ2) is 10.3. The highest BCUT2D eigenvalue weighted by molar-refractivity contribution is 6.23. The number of nitrogens with zero attached hydrogens (tertiary/aromatic N) is 4. The summed E-state index contributed by atoms with van der Waals surface area (Å²) in [5.41, 5.74) is 4.06. The number of rotatable bonds is 8. The van der Waals surface area contributed by atoms with E-state index in [1.165, 1.54) is 6.20 Å². The van der Waals surface area contributed by atoms with Gasteiger partial charge in [-0.2, -0.15) is 0 Å². The molecule has 8 nitrogen and oxygen atoms in total. The van der Waals surface area contributed by atoms with Crippen LogP contribution in [0.5, 0.6) is 0 Å². The maximum absolute atomic E-state index is 12.1. The highest BCUT2D eigenvalue weighted by Gasteiger charge is 2.29. The smallest absolute Gasteiger partial charge is 0.338 e. The number of fused-ring (bicyclic) bond motifs is 2. The monoisotopic (exact) mass is 470 g/mol. The zero-order chi connectivity index (χ0) is 24.9. The fourth-order valence-electron chi connectivity index (χ4n) is 4.16. The summed E-state index contributed by atoms with van der Waals surface area (Å²) in [5.74, 6) is -2.73. The Bertz CT molecular complexity index is 1320. The number of hydrogen-bond donors (Lipinski definition) is 2. The molecule has 1 aromatic heterocycles. The Morgan fingerprint density at radius 1 is 1.00 bits per heavy atom. The second-order valence-corrected chi connectivity index (χ2v) is 8.38. The minimum Gasteiger partial charge on any atom is -0.478 e. The zero-order valence-corrected chi connectivity index (χ0v) is 19.5. The van der Waals surface area contributed by atoms with Gasteiger partial charge >= 0.3 is 11.9 Å². The minimum atomic E-state index is -1.37. The molecular weight excluding hydrogens is 444 g/mol. The number of pyridine rings is 1. The quantitative estimate of drug-likeness (QED) is 0.475. The van der Waals surface area contributed by atoms with Gasteiger partial charge in [0.05, 0.1) is 28.3 Å². The number of hydrogen-bond acceptors (Lipinski definition) is 6. The SMILES string of the molecule is CN(C)CCCN1c2ccccc2C(c2ccccc2)=Nc2ccnc(C(=CC(=O)O)C(=O)O)c21. The number of aliphatic carboxylic acids is 2. The molecule has 0 saturated carbocycles. The summed E-state index contributed by atoms with van der Waals surface area (Å²) in [6.07, 6.45) is 2.93. The molecule has 1 aliphatic rings. The van der Waals surface area contributed by atoms with Crippen molar-refractivity contribution in [1.29, 1.82) is 0 Å². The topological polar surface area (TPSA) is 106 Å². The molecule has 2 aromatic carbocycles. The van der Waals surface area contributed by atoms with E-state index >= 15 is 0 Å². The average Bonchev–Trinajstić information content (AvgIpc) is 2.98. The first-order valence-electron chi connectivity index (χ1n) is 11.2. The van der Waals surface area contributed by atoms with Crippen molar-refractivity contribution in [2.75, 3.05) is 32.1 Å². The Morgan fingerprint density at radius 3 is 2.40 bits per heavy atom. The van der Waals surface area contributed by atoms with Gasteiger partial charge in [-0.05, 0) is 39.2 Å². The summed E-state index contributed by atoms with van der Waals surface area (Å²) < 4.78 is 0. The third-order valence-corrected chi connectivity index (χ3v) is 5.64. The van der Waals surface area contributed by atoms with Crippen molar-refractivity contribution in [3.05, 3.63) is 89.8 Å². The van der Waals surface area contributed by atoms with Crippen LogP contribution in [-0.4, -0.2) is 64.9 Å². The Morgan fingerprint density at radius 2 is 1.71 bits per heavy atom. The van der Waals surface area contributed by atoms with Crippen molar-refractivity contribution < 1.29 is 19.8 Å². The second-order valence-electron chi connectivity index (χ2n) is 8.38. The van der Waals surface area contributed by atoms with Crippen LogP contribution in [-0.2, 0) is 9.59 Å². The van der Waals surface area contributed by atoms with Crippen LogP contribution < -0.4 is 4.90 Å². The van der Waals surface area contributed by atoms with Crippen molar-refractivity contribution >= 4 is 40.3 Å². The van der Waals surface area contributed by atoms with Crippen molar-refractivity contribution in [3.63, 3.8) is 0 Å². The van der Waals surface area contributed by atoms with E-state index < -0.39 is 17.5 Å². The van der Waals surface area contributed by atoms with Crippen LogP contribution in [0.4, 0.5) is 17.1 Å². The number of carboxylic acids is 2. The molecule has 4 rings (SSSR count). The van der Waals surface area contributed by atoms with Gasteiger partial charge in [-0.25, -0.2) is 14.6 Å². The Hall–Kier alpha value is -4.30. The first-order chi connectivity index (χ1) is 16.9. The van der Waals surface area contributed by atoms with Gasteiger partial charge in [0.1, 0.15) is 5.69 Å². The van der Waals surface area contributed by atoms with Crippen molar-refractivity contribution in [3.8, 4) is 0 Å². The molecule has 0 bridgehead atoms. The molecule has 0 spiro atoms. The van der Waals surface area contributed by atoms with Crippen molar-refractivity contribution in [1.82, 2.24) is 9.88 Å². The van der Waals surface area contributed by atoms with E-state index in [1.807, 2.05) is 73.6 Å². The molecule has 0 amide bonds. The third-order valence-electron chi connectivity index (χ3n) is 5.64. The lowest BCUT2D eigenvalue weighted by molar-refractivity contribution is -0.133. The van der Waals surface area contributed by atoms with E-state index in [0.717, 1.165) is 35.5 Å². The lowest BCUT2D eigenvalue weighted by atomic mass is 10.00. The van der Waals surface area contributed by atoms with Crippen molar-refractivity contribution in [2.24, 2.45) is 4.99 Å². The Labute approximate surface area is 203 Å². The van der Waals surface area contributed by atoms with Gasteiger partial charge in [-0.15, -0.1) is 0 Å². The average molecular weight is 471 g/mol. The maximum atomic E-state index is 12.1. The largest absolute Gasteiger partial charge is 0.478 e. The molecule has 1 aliphatic heterocycles. The molecular formula is C27H26N4O4. The summed E-state index contributed by atoms with van der Waals surface area (Å²) in [6.45, 7) is 1.37. The fraction of sp³-hybridized carbons (Fsp3) is 0.185.